The number of carbonyl (C=O) groups is 1. The van der Waals surface area contributed by atoms with Gasteiger partial charge in [-0.1, -0.05) is 42.5 Å². The molecule has 2 N–H and O–H groups in total. The van der Waals surface area contributed by atoms with E-state index in [9.17, 15) is 9.90 Å². The molecule has 1 saturated carbocycles. The summed E-state index contributed by atoms with van der Waals surface area (Å²) >= 11 is 0. The van der Waals surface area contributed by atoms with Crippen LogP contribution in [0, 0.1) is 6.92 Å². The number of carboxylic acids is 1. The minimum absolute atomic E-state index is 0.330. The monoisotopic (exact) mass is 267 g/mol. The van der Waals surface area contributed by atoms with E-state index in [1.165, 1.54) is 5.56 Å². The summed E-state index contributed by atoms with van der Waals surface area (Å²) in [7, 11) is 0. The maximum absolute atomic E-state index is 11.3. The Kier molecular flexibility index (Phi) is 3.18. The number of carboxylic acid groups (broad SMARTS) is 1. The van der Waals surface area contributed by atoms with Crippen LogP contribution in [-0.4, -0.2) is 17.1 Å². The molecule has 0 aliphatic heterocycles. The SMILES string of the molecule is Cc1cccc(C(=O)O)c1NC1CC1c1ccccc1. The molecule has 3 heteroatoms. The minimum atomic E-state index is -0.881. The van der Waals surface area contributed by atoms with Crippen LogP contribution < -0.4 is 5.32 Å². The van der Waals surface area contributed by atoms with Crippen molar-refractivity contribution in [3.63, 3.8) is 0 Å². The van der Waals surface area contributed by atoms with Crippen LogP contribution in [0.5, 0.6) is 0 Å². The van der Waals surface area contributed by atoms with Crippen LogP contribution in [0.4, 0.5) is 5.69 Å². The van der Waals surface area contributed by atoms with Crippen molar-refractivity contribution in [1.82, 2.24) is 0 Å². The lowest BCUT2D eigenvalue weighted by Gasteiger charge is -2.12. The van der Waals surface area contributed by atoms with Crippen LogP contribution in [0.15, 0.2) is 48.5 Å². The third kappa shape index (κ3) is 2.39. The third-order valence-corrected chi connectivity index (χ3v) is 3.85. The molecule has 0 aromatic heterocycles. The number of anilines is 1. The fourth-order valence-electron chi connectivity index (χ4n) is 2.65. The fourth-order valence-corrected chi connectivity index (χ4v) is 2.65. The van der Waals surface area contributed by atoms with Crippen molar-refractivity contribution in [3.8, 4) is 0 Å². The molecule has 2 aromatic carbocycles. The molecule has 2 unspecified atom stereocenters. The van der Waals surface area contributed by atoms with Gasteiger partial charge in [0.25, 0.3) is 0 Å². The van der Waals surface area contributed by atoms with Gasteiger partial charge in [0.2, 0.25) is 0 Å². The number of para-hydroxylation sites is 1. The topological polar surface area (TPSA) is 49.3 Å². The maximum atomic E-state index is 11.3. The van der Waals surface area contributed by atoms with E-state index in [1.807, 2.05) is 31.2 Å². The lowest BCUT2D eigenvalue weighted by Crippen LogP contribution is -2.11. The van der Waals surface area contributed by atoms with Crippen molar-refractivity contribution in [2.24, 2.45) is 0 Å². The maximum Gasteiger partial charge on any atom is 0.337 e. The van der Waals surface area contributed by atoms with Gasteiger partial charge in [-0.25, -0.2) is 4.79 Å². The molecule has 0 radical (unpaired) electrons. The standard InChI is InChI=1S/C17H17NO2/c1-11-6-5-9-13(17(19)20)16(11)18-15-10-14(15)12-7-3-2-4-8-12/h2-9,14-15,18H,10H2,1H3,(H,19,20). The summed E-state index contributed by atoms with van der Waals surface area (Å²) in [6.07, 6.45) is 1.05. The van der Waals surface area contributed by atoms with Gasteiger partial charge in [0.1, 0.15) is 0 Å². The Bertz CT molecular complexity index is 637. The van der Waals surface area contributed by atoms with Crippen LogP contribution >= 0.6 is 0 Å². The number of aryl methyl sites for hydroxylation is 1. The highest BCUT2D eigenvalue weighted by Crippen LogP contribution is 2.43. The normalized spacial score (nSPS) is 20.4. The van der Waals surface area contributed by atoms with E-state index in [2.05, 4.69) is 17.4 Å². The largest absolute Gasteiger partial charge is 0.478 e. The summed E-state index contributed by atoms with van der Waals surface area (Å²) in [5, 5.41) is 12.7. The van der Waals surface area contributed by atoms with Crippen LogP contribution in [0.2, 0.25) is 0 Å². The first-order chi connectivity index (χ1) is 9.66. The molecule has 20 heavy (non-hydrogen) atoms. The summed E-state index contributed by atoms with van der Waals surface area (Å²) < 4.78 is 0. The quantitative estimate of drug-likeness (QED) is 0.888. The second-order valence-corrected chi connectivity index (χ2v) is 5.31. The Labute approximate surface area is 118 Å². The molecule has 0 saturated heterocycles. The minimum Gasteiger partial charge on any atom is -0.478 e. The Morgan fingerprint density at radius 2 is 1.90 bits per heavy atom. The molecule has 0 bridgehead atoms. The highest BCUT2D eigenvalue weighted by molar-refractivity contribution is 5.95. The summed E-state index contributed by atoms with van der Waals surface area (Å²) in [4.78, 5) is 11.3. The number of nitrogens with one attached hydrogen (secondary N) is 1. The van der Waals surface area contributed by atoms with Gasteiger partial charge in [-0.2, -0.15) is 0 Å². The first-order valence-corrected chi connectivity index (χ1v) is 6.81. The summed E-state index contributed by atoms with van der Waals surface area (Å²) in [6.45, 7) is 1.94. The summed E-state index contributed by atoms with van der Waals surface area (Å²) in [6, 6.07) is 16.1. The highest BCUT2D eigenvalue weighted by Gasteiger charge is 2.38. The zero-order valence-electron chi connectivity index (χ0n) is 11.3. The van der Waals surface area contributed by atoms with Crippen LogP contribution in [-0.2, 0) is 0 Å². The second kappa shape index (κ2) is 5.00. The zero-order chi connectivity index (χ0) is 14.1. The van der Waals surface area contributed by atoms with Crippen LogP contribution in [0.25, 0.3) is 0 Å². The Morgan fingerprint density at radius 1 is 1.15 bits per heavy atom. The second-order valence-electron chi connectivity index (χ2n) is 5.31. The fraction of sp³-hybridized carbons (Fsp3) is 0.235. The zero-order valence-corrected chi connectivity index (χ0v) is 11.3. The van der Waals surface area contributed by atoms with Crippen molar-refractivity contribution < 1.29 is 9.90 Å². The van der Waals surface area contributed by atoms with Crippen molar-refractivity contribution >= 4 is 11.7 Å². The van der Waals surface area contributed by atoms with Gasteiger partial charge in [-0.3, -0.25) is 0 Å². The van der Waals surface area contributed by atoms with Crippen LogP contribution in [0.3, 0.4) is 0 Å². The number of hydrogen-bond donors (Lipinski definition) is 2. The van der Waals surface area contributed by atoms with Crippen molar-refractivity contribution in [3.05, 3.63) is 65.2 Å². The van der Waals surface area contributed by atoms with Gasteiger partial charge in [0.15, 0.2) is 0 Å². The molecule has 2 atom stereocenters. The van der Waals surface area contributed by atoms with Gasteiger partial charge in [0, 0.05) is 12.0 Å². The molecule has 1 aliphatic carbocycles. The van der Waals surface area contributed by atoms with E-state index < -0.39 is 5.97 Å². The summed E-state index contributed by atoms with van der Waals surface area (Å²) in [5.74, 6) is -0.398. The Balaban J connectivity index is 1.79. The lowest BCUT2D eigenvalue weighted by molar-refractivity contribution is 0.0698. The number of benzene rings is 2. The summed E-state index contributed by atoms with van der Waals surface area (Å²) in [5.41, 5.74) is 3.39. The van der Waals surface area contributed by atoms with E-state index in [4.69, 9.17) is 0 Å². The molecular weight excluding hydrogens is 250 g/mol. The first-order valence-electron chi connectivity index (χ1n) is 6.81. The van der Waals surface area contributed by atoms with Gasteiger partial charge >= 0.3 is 5.97 Å². The van der Waals surface area contributed by atoms with Gasteiger partial charge in [-0.05, 0) is 30.5 Å². The first kappa shape index (κ1) is 12.7. The van der Waals surface area contributed by atoms with Crippen molar-refractivity contribution in [2.45, 2.75) is 25.3 Å². The molecule has 1 aliphatic rings. The average Bonchev–Trinajstić information content (AvgIpc) is 3.21. The molecule has 102 valence electrons. The van der Waals surface area contributed by atoms with E-state index >= 15 is 0 Å². The van der Waals surface area contributed by atoms with E-state index in [0.29, 0.717) is 17.5 Å². The van der Waals surface area contributed by atoms with Gasteiger partial charge in [0.05, 0.1) is 11.3 Å². The predicted molar refractivity (Wildman–Crippen MR) is 79.3 cm³/mol. The van der Waals surface area contributed by atoms with Crippen molar-refractivity contribution in [2.75, 3.05) is 5.32 Å². The number of aromatic carboxylic acids is 1. The molecule has 0 spiro atoms. The average molecular weight is 267 g/mol. The molecule has 0 amide bonds. The molecule has 3 nitrogen and oxygen atoms in total. The van der Waals surface area contributed by atoms with E-state index in [0.717, 1.165) is 17.7 Å². The van der Waals surface area contributed by atoms with Gasteiger partial charge in [-0.15, -0.1) is 0 Å². The number of hydrogen-bond acceptors (Lipinski definition) is 2. The molecule has 2 aromatic rings. The number of rotatable bonds is 4. The van der Waals surface area contributed by atoms with Gasteiger partial charge < -0.3 is 10.4 Å². The lowest BCUT2D eigenvalue weighted by atomic mass is 10.1. The molecule has 0 heterocycles. The molecule has 1 fully saturated rings. The Morgan fingerprint density at radius 3 is 2.60 bits per heavy atom. The molecular formula is C17H17NO2. The van der Waals surface area contributed by atoms with Crippen LogP contribution in [0.1, 0.15) is 33.8 Å². The van der Waals surface area contributed by atoms with E-state index in [-0.39, 0.29) is 0 Å². The smallest absolute Gasteiger partial charge is 0.337 e. The predicted octanol–water partition coefficient (Wildman–Crippen LogP) is 3.66. The van der Waals surface area contributed by atoms with E-state index in [1.54, 1.807) is 12.1 Å². The third-order valence-electron chi connectivity index (χ3n) is 3.85. The van der Waals surface area contributed by atoms with Crippen molar-refractivity contribution in [1.29, 1.82) is 0 Å². The Hall–Kier alpha value is -2.29. The molecule has 3 rings (SSSR count). The highest BCUT2D eigenvalue weighted by atomic mass is 16.4.